The SMILES string of the molecule is O=C(OCc1ccccc1)c1cc2cc(C(F)(F)P(=O)(Cl)Cl)ccc2s1. The van der Waals surface area contributed by atoms with Crippen molar-refractivity contribution in [1.29, 1.82) is 0 Å². The molecule has 3 nitrogen and oxygen atoms in total. The molecule has 2 aromatic carbocycles. The number of halogens is 4. The largest absolute Gasteiger partial charge is 0.457 e. The van der Waals surface area contributed by atoms with Gasteiger partial charge in [-0.05, 0) is 51.6 Å². The molecule has 0 unspecified atom stereocenters. The van der Waals surface area contributed by atoms with Crippen LogP contribution < -0.4 is 0 Å². The predicted octanol–water partition coefficient (Wildman–Crippen LogP) is 6.98. The van der Waals surface area contributed by atoms with Gasteiger partial charge in [0, 0.05) is 10.3 Å². The normalized spacial score (nSPS) is 12.3. The van der Waals surface area contributed by atoms with Gasteiger partial charge in [-0.3, -0.25) is 4.57 Å². The van der Waals surface area contributed by atoms with Gasteiger partial charge in [0.25, 0.3) is 0 Å². The summed E-state index contributed by atoms with van der Waals surface area (Å²) in [6.45, 7) is 0.110. The van der Waals surface area contributed by atoms with Gasteiger partial charge in [-0.2, -0.15) is 8.78 Å². The van der Waals surface area contributed by atoms with E-state index in [2.05, 4.69) is 0 Å². The number of thiophene rings is 1. The van der Waals surface area contributed by atoms with Crippen molar-refractivity contribution in [2.24, 2.45) is 0 Å². The van der Waals surface area contributed by atoms with E-state index in [4.69, 9.17) is 27.2 Å². The molecule has 0 aliphatic carbocycles. The fourth-order valence-corrected chi connectivity index (χ4v) is 4.24. The molecule has 3 rings (SSSR count). The van der Waals surface area contributed by atoms with Gasteiger partial charge in [-0.15, -0.1) is 11.3 Å². The molecule has 1 heterocycles. The number of hydrogen-bond donors (Lipinski definition) is 0. The molecule has 3 aromatic rings. The van der Waals surface area contributed by atoms with E-state index in [1.807, 2.05) is 30.3 Å². The number of alkyl halides is 2. The lowest BCUT2D eigenvalue weighted by atomic mass is 10.1. The molecule has 0 aliphatic rings. The Kier molecular flexibility index (Phi) is 5.40. The molecule has 0 bridgehead atoms. The average molecular weight is 435 g/mol. The van der Waals surface area contributed by atoms with Gasteiger partial charge in [-0.25, -0.2) is 4.79 Å². The summed E-state index contributed by atoms with van der Waals surface area (Å²) in [5.41, 5.74) is -3.61. The highest BCUT2D eigenvalue weighted by molar-refractivity contribution is 8.09. The predicted molar refractivity (Wildman–Crippen MR) is 101 cm³/mol. The van der Waals surface area contributed by atoms with Gasteiger partial charge in [0.1, 0.15) is 11.5 Å². The van der Waals surface area contributed by atoms with Crippen molar-refractivity contribution in [2.45, 2.75) is 12.3 Å². The summed E-state index contributed by atoms with van der Waals surface area (Å²) in [6.07, 6.45) is 0. The number of ether oxygens (including phenoxy) is 1. The fraction of sp³-hybridized carbons (Fsp3) is 0.118. The van der Waals surface area contributed by atoms with Crippen LogP contribution in [0.5, 0.6) is 0 Å². The molecular weight excluding hydrogens is 424 g/mol. The third kappa shape index (κ3) is 3.94. The van der Waals surface area contributed by atoms with E-state index in [0.29, 0.717) is 10.1 Å². The monoisotopic (exact) mass is 434 g/mol. The molecule has 9 heteroatoms. The van der Waals surface area contributed by atoms with E-state index < -0.39 is 23.0 Å². The lowest BCUT2D eigenvalue weighted by Gasteiger charge is -2.17. The second-order valence-electron chi connectivity index (χ2n) is 5.43. The molecule has 0 aliphatic heterocycles. The van der Waals surface area contributed by atoms with Crippen LogP contribution in [0.1, 0.15) is 20.8 Å². The third-order valence-electron chi connectivity index (χ3n) is 3.60. The van der Waals surface area contributed by atoms with Crippen LogP contribution in [0.3, 0.4) is 0 Å². The number of fused-ring (bicyclic) bond motifs is 1. The number of carbonyl (C=O) groups excluding carboxylic acids is 1. The summed E-state index contributed by atoms with van der Waals surface area (Å²) in [5.74, 6) is -5.25. The zero-order valence-electron chi connectivity index (χ0n) is 13.0. The molecule has 0 N–H and O–H groups in total. The molecule has 26 heavy (non-hydrogen) atoms. The summed E-state index contributed by atoms with van der Waals surface area (Å²) in [5, 5.41) is 0.389. The lowest BCUT2D eigenvalue weighted by Crippen LogP contribution is -2.08. The van der Waals surface area contributed by atoms with Crippen LogP contribution in [0.15, 0.2) is 54.6 Å². The van der Waals surface area contributed by atoms with E-state index >= 15 is 0 Å². The second kappa shape index (κ2) is 7.28. The van der Waals surface area contributed by atoms with Crippen molar-refractivity contribution in [3.8, 4) is 0 Å². The Hall–Kier alpha value is -1.46. The van der Waals surface area contributed by atoms with Crippen molar-refractivity contribution in [2.75, 3.05) is 0 Å². The minimum Gasteiger partial charge on any atom is -0.457 e. The first-order chi connectivity index (χ1) is 12.2. The van der Waals surface area contributed by atoms with E-state index in [9.17, 15) is 18.1 Å². The number of carbonyl (C=O) groups is 1. The maximum absolute atomic E-state index is 14.0. The summed E-state index contributed by atoms with van der Waals surface area (Å²) >= 11 is 11.4. The number of hydrogen-bond acceptors (Lipinski definition) is 4. The Morgan fingerprint density at radius 2 is 1.81 bits per heavy atom. The Balaban J connectivity index is 1.83. The van der Waals surface area contributed by atoms with Gasteiger partial charge >= 0.3 is 17.5 Å². The van der Waals surface area contributed by atoms with E-state index in [-0.39, 0.29) is 11.5 Å². The van der Waals surface area contributed by atoms with Gasteiger partial charge in [0.05, 0.1) is 0 Å². The second-order valence-corrected chi connectivity index (χ2v) is 11.4. The van der Waals surface area contributed by atoms with Crippen LogP contribution in [0.2, 0.25) is 0 Å². The average Bonchev–Trinajstić information content (AvgIpc) is 3.03. The van der Waals surface area contributed by atoms with Gasteiger partial charge in [0.2, 0.25) is 0 Å². The Morgan fingerprint density at radius 3 is 2.46 bits per heavy atom. The number of rotatable bonds is 5. The van der Waals surface area contributed by atoms with Crippen LogP contribution in [0, 0.1) is 0 Å². The number of benzene rings is 2. The summed E-state index contributed by atoms with van der Waals surface area (Å²) in [4.78, 5) is 12.5. The standard InChI is InChI=1S/C17H11Cl2F2O3PS/c18-25(19,23)17(20,21)13-6-7-14-12(8-13)9-15(26-14)16(22)24-10-11-4-2-1-3-5-11/h1-9H,10H2. The summed E-state index contributed by atoms with van der Waals surface area (Å²) in [6, 6.07) is 14.2. The maximum atomic E-state index is 14.0. The molecule has 0 fully saturated rings. The fourth-order valence-electron chi connectivity index (χ4n) is 2.28. The minimum atomic E-state index is -4.70. The maximum Gasteiger partial charge on any atom is 0.350 e. The highest BCUT2D eigenvalue weighted by Crippen LogP contribution is 2.72. The third-order valence-corrected chi connectivity index (χ3v) is 6.89. The molecule has 0 radical (unpaired) electrons. The van der Waals surface area contributed by atoms with E-state index in [0.717, 1.165) is 29.0 Å². The van der Waals surface area contributed by atoms with Crippen molar-refractivity contribution < 1.29 is 22.9 Å². The van der Waals surface area contributed by atoms with Crippen molar-refractivity contribution >= 4 is 55.7 Å². The smallest absolute Gasteiger partial charge is 0.350 e. The zero-order valence-corrected chi connectivity index (χ0v) is 16.2. The highest BCUT2D eigenvalue weighted by Gasteiger charge is 2.49. The van der Waals surface area contributed by atoms with Crippen molar-refractivity contribution in [3.63, 3.8) is 0 Å². The molecule has 136 valence electrons. The molecule has 0 atom stereocenters. The van der Waals surface area contributed by atoms with E-state index in [1.165, 1.54) is 12.1 Å². The summed E-state index contributed by atoms with van der Waals surface area (Å²) < 4.78 is 45.4. The van der Waals surface area contributed by atoms with Crippen LogP contribution >= 0.6 is 39.7 Å². The first-order valence-electron chi connectivity index (χ1n) is 7.31. The van der Waals surface area contributed by atoms with Crippen LogP contribution in [-0.4, -0.2) is 5.97 Å². The Morgan fingerprint density at radius 1 is 1.12 bits per heavy atom. The van der Waals surface area contributed by atoms with Crippen molar-refractivity contribution in [3.05, 3.63) is 70.6 Å². The molecular formula is C17H11Cl2F2O3PS. The number of esters is 1. The molecule has 0 saturated carbocycles. The first kappa shape index (κ1) is 19.3. The lowest BCUT2D eigenvalue weighted by molar-refractivity contribution is 0.0478. The molecule has 0 spiro atoms. The summed E-state index contributed by atoms with van der Waals surface area (Å²) in [7, 11) is 0. The van der Waals surface area contributed by atoms with Crippen LogP contribution in [-0.2, 0) is 21.6 Å². The molecule has 1 aromatic heterocycles. The molecule has 0 amide bonds. The van der Waals surface area contributed by atoms with Gasteiger partial charge < -0.3 is 4.74 Å². The zero-order chi connectivity index (χ0) is 18.9. The van der Waals surface area contributed by atoms with Crippen molar-refractivity contribution in [1.82, 2.24) is 0 Å². The van der Waals surface area contributed by atoms with Crippen LogP contribution in [0.25, 0.3) is 10.1 Å². The Bertz CT molecular complexity index is 1000. The van der Waals surface area contributed by atoms with Crippen LogP contribution in [0.4, 0.5) is 8.78 Å². The highest BCUT2D eigenvalue weighted by atomic mass is 35.9. The van der Waals surface area contributed by atoms with E-state index in [1.54, 1.807) is 0 Å². The van der Waals surface area contributed by atoms with Gasteiger partial charge in [-0.1, -0.05) is 36.4 Å². The first-order valence-corrected chi connectivity index (χ1v) is 11.6. The molecule has 0 saturated heterocycles. The Labute approximate surface area is 161 Å². The quantitative estimate of drug-likeness (QED) is 0.321. The minimum absolute atomic E-state index is 0.110. The topological polar surface area (TPSA) is 43.4 Å². The van der Waals surface area contributed by atoms with Gasteiger partial charge in [0.15, 0.2) is 0 Å².